The Labute approximate surface area is 214 Å². The van der Waals surface area contributed by atoms with Crippen molar-refractivity contribution in [3.8, 4) is 17.2 Å². The molecule has 0 spiro atoms. The predicted octanol–water partition coefficient (Wildman–Crippen LogP) is 5.61. The van der Waals surface area contributed by atoms with Crippen LogP contribution in [0.25, 0.3) is 6.08 Å². The molecule has 0 heterocycles. The van der Waals surface area contributed by atoms with Gasteiger partial charge in [0, 0.05) is 6.08 Å². The number of methoxy groups -OCH3 is 2. The zero-order chi connectivity index (χ0) is 25.6. The lowest BCUT2D eigenvalue weighted by atomic mass is 10.2. The first-order chi connectivity index (χ1) is 16.7. The molecule has 7 nitrogen and oxygen atoms in total. The van der Waals surface area contributed by atoms with Crippen LogP contribution >= 0.6 is 15.9 Å². The van der Waals surface area contributed by atoms with Gasteiger partial charge in [0.1, 0.15) is 5.75 Å². The molecule has 35 heavy (non-hydrogen) atoms. The van der Waals surface area contributed by atoms with Gasteiger partial charge < -0.3 is 14.2 Å². The van der Waals surface area contributed by atoms with Gasteiger partial charge in [-0.2, -0.15) is 4.31 Å². The van der Waals surface area contributed by atoms with E-state index < -0.39 is 15.9 Å². The Morgan fingerprint density at radius 3 is 2.23 bits per heavy atom. The number of anilines is 1. The molecule has 9 heteroatoms. The van der Waals surface area contributed by atoms with Crippen molar-refractivity contribution in [2.24, 2.45) is 0 Å². The van der Waals surface area contributed by atoms with Crippen LogP contribution in [0, 0.1) is 6.92 Å². The second kappa shape index (κ2) is 11.4. The number of aryl methyl sites for hydroxylation is 1. The number of hydrogen-bond donors (Lipinski definition) is 0. The molecule has 184 valence electrons. The standard InChI is InChI=1S/C26H26BrNO6S/c1-5-34-26-23(27)16-19(17-24(26)33-4)8-15-25(29)28(20-9-11-21(32-3)12-10-20)35(30,31)22-13-6-18(2)7-14-22/h6-17H,5H2,1-4H3/b15-8+. The van der Waals surface area contributed by atoms with Crippen molar-refractivity contribution in [3.05, 3.63) is 82.3 Å². The molecule has 0 bridgehead atoms. The molecule has 0 fully saturated rings. The van der Waals surface area contributed by atoms with Gasteiger partial charge in [0.05, 0.1) is 35.9 Å². The summed E-state index contributed by atoms with van der Waals surface area (Å²) >= 11 is 3.45. The number of benzene rings is 3. The number of carbonyl (C=O) groups is 1. The molecule has 3 aromatic carbocycles. The van der Waals surface area contributed by atoms with Crippen molar-refractivity contribution >= 4 is 43.6 Å². The SMILES string of the molecule is CCOc1c(Br)cc(/C=C/C(=O)N(c2ccc(OC)cc2)S(=O)(=O)c2ccc(C)cc2)cc1OC. The summed E-state index contributed by atoms with van der Waals surface area (Å²) < 4.78 is 44.6. The van der Waals surface area contributed by atoms with Crippen molar-refractivity contribution in [2.45, 2.75) is 18.7 Å². The highest BCUT2D eigenvalue weighted by Crippen LogP contribution is 2.37. The van der Waals surface area contributed by atoms with Crippen LogP contribution in [0.1, 0.15) is 18.1 Å². The van der Waals surface area contributed by atoms with E-state index in [0.717, 1.165) is 9.87 Å². The van der Waals surface area contributed by atoms with E-state index in [9.17, 15) is 13.2 Å². The molecule has 1 amide bonds. The Kier molecular flexibility index (Phi) is 8.58. The van der Waals surface area contributed by atoms with E-state index in [-0.39, 0.29) is 10.6 Å². The number of halogens is 1. The highest BCUT2D eigenvalue weighted by atomic mass is 79.9. The van der Waals surface area contributed by atoms with Crippen LogP contribution < -0.4 is 18.5 Å². The van der Waals surface area contributed by atoms with Crippen molar-refractivity contribution < 1.29 is 27.4 Å². The van der Waals surface area contributed by atoms with Gasteiger partial charge in [-0.3, -0.25) is 4.79 Å². The van der Waals surface area contributed by atoms with Crippen LogP contribution in [0.15, 0.2) is 76.1 Å². The number of amides is 1. The molecule has 0 saturated carbocycles. The number of hydrogen-bond acceptors (Lipinski definition) is 6. The zero-order valence-corrected chi connectivity index (χ0v) is 22.2. The maximum absolute atomic E-state index is 13.5. The topological polar surface area (TPSA) is 82.1 Å². The maximum atomic E-state index is 13.5. The molecule has 3 aromatic rings. The lowest BCUT2D eigenvalue weighted by Gasteiger charge is -2.21. The summed E-state index contributed by atoms with van der Waals surface area (Å²) in [5.41, 5.74) is 1.71. The summed E-state index contributed by atoms with van der Waals surface area (Å²) in [6.07, 6.45) is 2.73. The van der Waals surface area contributed by atoms with Crippen LogP contribution in [0.5, 0.6) is 17.2 Å². The van der Waals surface area contributed by atoms with E-state index in [4.69, 9.17) is 14.2 Å². The highest BCUT2D eigenvalue weighted by molar-refractivity contribution is 9.10. The number of carbonyl (C=O) groups excluding carboxylic acids is 1. The van der Waals surface area contributed by atoms with Crippen molar-refractivity contribution in [3.63, 3.8) is 0 Å². The minimum Gasteiger partial charge on any atom is -0.497 e. The van der Waals surface area contributed by atoms with Crippen LogP contribution in [0.3, 0.4) is 0 Å². The highest BCUT2D eigenvalue weighted by Gasteiger charge is 2.30. The van der Waals surface area contributed by atoms with Crippen LogP contribution in [-0.2, 0) is 14.8 Å². The molecule has 0 radical (unpaired) electrons. The quantitative estimate of drug-likeness (QED) is 0.317. The molecule has 0 saturated heterocycles. The number of ether oxygens (including phenoxy) is 3. The number of rotatable bonds is 9. The van der Waals surface area contributed by atoms with Gasteiger partial charge >= 0.3 is 0 Å². The van der Waals surface area contributed by atoms with Gasteiger partial charge in [-0.05, 0) is 89.9 Å². The second-order valence-electron chi connectivity index (χ2n) is 7.42. The zero-order valence-electron chi connectivity index (χ0n) is 19.8. The second-order valence-corrected chi connectivity index (χ2v) is 10.1. The predicted molar refractivity (Wildman–Crippen MR) is 140 cm³/mol. The number of sulfonamides is 1. The molecular formula is C26H26BrNO6S. The molecule has 0 atom stereocenters. The first-order valence-corrected chi connectivity index (χ1v) is 12.9. The van der Waals surface area contributed by atoms with E-state index in [1.807, 2.05) is 13.8 Å². The average Bonchev–Trinajstić information content (AvgIpc) is 2.84. The summed E-state index contributed by atoms with van der Waals surface area (Å²) in [5, 5.41) is 0. The maximum Gasteiger partial charge on any atom is 0.271 e. The lowest BCUT2D eigenvalue weighted by Crippen LogP contribution is -2.35. The summed E-state index contributed by atoms with van der Waals surface area (Å²) in [4.78, 5) is 13.3. The monoisotopic (exact) mass is 559 g/mol. The third-order valence-corrected chi connectivity index (χ3v) is 7.35. The van der Waals surface area contributed by atoms with E-state index in [1.54, 1.807) is 36.4 Å². The fourth-order valence-corrected chi connectivity index (χ4v) is 5.24. The Morgan fingerprint density at radius 1 is 1.00 bits per heavy atom. The summed E-state index contributed by atoms with van der Waals surface area (Å²) in [7, 11) is -1.17. The molecule has 0 unspecified atom stereocenters. The first-order valence-electron chi connectivity index (χ1n) is 10.7. The van der Waals surface area contributed by atoms with Crippen LogP contribution in [-0.4, -0.2) is 35.2 Å². The van der Waals surface area contributed by atoms with Gasteiger partial charge in [0.2, 0.25) is 0 Å². The fourth-order valence-electron chi connectivity index (χ4n) is 3.27. The third-order valence-electron chi connectivity index (χ3n) is 5.03. The molecule has 0 N–H and O–H groups in total. The molecule has 3 rings (SSSR count). The Morgan fingerprint density at radius 2 is 1.66 bits per heavy atom. The van der Waals surface area contributed by atoms with Crippen LogP contribution in [0.4, 0.5) is 5.69 Å². The minimum absolute atomic E-state index is 0.00569. The van der Waals surface area contributed by atoms with E-state index in [0.29, 0.717) is 33.9 Å². The van der Waals surface area contributed by atoms with Crippen molar-refractivity contribution in [1.82, 2.24) is 0 Å². The average molecular weight is 560 g/mol. The summed E-state index contributed by atoms with van der Waals surface area (Å²) in [6.45, 7) is 4.17. The molecule has 0 aromatic heterocycles. The van der Waals surface area contributed by atoms with Gasteiger partial charge in [-0.15, -0.1) is 0 Å². The smallest absolute Gasteiger partial charge is 0.271 e. The fraction of sp³-hybridized carbons (Fsp3) is 0.192. The van der Waals surface area contributed by atoms with Gasteiger partial charge in [-0.1, -0.05) is 17.7 Å². The normalized spacial score (nSPS) is 11.3. The molecular weight excluding hydrogens is 534 g/mol. The summed E-state index contributed by atoms with van der Waals surface area (Å²) in [5.74, 6) is 0.823. The minimum atomic E-state index is -4.19. The van der Waals surface area contributed by atoms with Crippen molar-refractivity contribution in [1.29, 1.82) is 0 Å². The Bertz CT molecular complexity index is 1320. The first kappa shape index (κ1) is 26.3. The van der Waals surface area contributed by atoms with Gasteiger partial charge in [0.25, 0.3) is 15.9 Å². The van der Waals surface area contributed by atoms with E-state index in [1.165, 1.54) is 50.6 Å². The van der Waals surface area contributed by atoms with E-state index >= 15 is 0 Å². The van der Waals surface area contributed by atoms with Crippen LogP contribution in [0.2, 0.25) is 0 Å². The van der Waals surface area contributed by atoms with Gasteiger partial charge in [0.15, 0.2) is 11.5 Å². The largest absolute Gasteiger partial charge is 0.497 e. The Balaban J connectivity index is 2.03. The lowest BCUT2D eigenvalue weighted by molar-refractivity contribution is -0.113. The molecule has 0 aliphatic carbocycles. The number of nitrogens with zero attached hydrogens (tertiary/aromatic N) is 1. The molecule has 0 aliphatic rings. The molecule has 0 aliphatic heterocycles. The third kappa shape index (κ3) is 6.04. The van der Waals surface area contributed by atoms with E-state index in [2.05, 4.69) is 15.9 Å². The van der Waals surface area contributed by atoms with Crippen molar-refractivity contribution in [2.75, 3.05) is 25.1 Å². The Hall–Kier alpha value is -3.30. The summed E-state index contributed by atoms with van der Waals surface area (Å²) in [6, 6.07) is 16.0. The van der Waals surface area contributed by atoms with Gasteiger partial charge in [-0.25, -0.2) is 8.42 Å².